The molecule has 0 aliphatic carbocycles. The van der Waals surface area contributed by atoms with Crippen molar-refractivity contribution in [3.05, 3.63) is 41.8 Å². The molecule has 0 saturated carbocycles. The predicted octanol–water partition coefficient (Wildman–Crippen LogP) is 2.40. The number of benzene rings is 1. The van der Waals surface area contributed by atoms with Crippen LogP contribution >= 0.6 is 0 Å². The zero-order chi connectivity index (χ0) is 19.6. The van der Waals surface area contributed by atoms with Crippen LogP contribution in [0.2, 0.25) is 0 Å². The summed E-state index contributed by atoms with van der Waals surface area (Å²) in [6.07, 6.45) is 1.72. The van der Waals surface area contributed by atoms with E-state index in [2.05, 4.69) is 10.1 Å². The van der Waals surface area contributed by atoms with Crippen molar-refractivity contribution in [2.45, 2.75) is 44.1 Å². The molecule has 3 atom stereocenters. The van der Waals surface area contributed by atoms with Gasteiger partial charge in [-0.05, 0) is 30.5 Å². The minimum absolute atomic E-state index is 0.00766. The van der Waals surface area contributed by atoms with Gasteiger partial charge in [0.05, 0.1) is 5.92 Å². The fraction of sp³-hybridized carbons (Fsp3) is 0.550. The number of aromatic nitrogens is 2. The number of rotatable bonds is 5. The van der Waals surface area contributed by atoms with Crippen molar-refractivity contribution in [1.82, 2.24) is 15.0 Å². The summed E-state index contributed by atoms with van der Waals surface area (Å²) >= 11 is 0. The molecule has 0 bridgehead atoms. The Morgan fingerprint density at radius 3 is 2.70 bits per heavy atom. The number of piperidine rings is 1. The van der Waals surface area contributed by atoms with Gasteiger partial charge in [0.15, 0.2) is 0 Å². The van der Waals surface area contributed by atoms with Gasteiger partial charge in [0.25, 0.3) is 11.9 Å². The standard InChI is InChI=1S/C20H28N4O3/c1-14(15-9-6-5-7-10-15)20(2,26)18(25)24-12-8-11-16(13-24)17-21-19(22-27-17)23(3)4/h5-7,9-10,14,16,26H,8,11-13H2,1-4H3. The Balaban J connectivity index is 1.73. The van der Waals surface area contributed by atoms with E-state index >= 15 is 0 Å². The second-order valence-corrected chi connectivity index (χ2v) is 7.70. The molecule has 1 N–H and O–H groups in total. The summed E-state index contributed by atoms with van der Waals surface area (Å²) in [6.45, 7) is 4.59. The first-order chi connectivity index (χ1) is 12.8. The third-order valence-electron chi connectivity index (χ3n) is 5.46. The van der Waals surface area contributed by atoms with E-state index in [1.54, 1.807) is 16.7 Å². The highest BCUT2D eigenvalue weighted by molar-refractivity contribution is 5.86. The molecule has 2 aromatic rings. The molecule has 27 heavy (non-hydrogen) atoms. The minimum Gasteiger partial charge on any atom is -0.380 e. The Labute approximate surface area is 160 Å². The van der Waals surface area contributed by atoms with Crippen molar-refractivity contribution in [1.29, 1.82) is 0 Å². The smallest absolute Gasteiger partial charge is 0.265 e. The number of hydrogen-bond acceptors (Lipinski definition) is 6. The average Bonchev–Trinajstić information content (AvgIpc) is 3.18. The molecular formula is C20H28N4O3. The van der Waals surface area contributed by atoms with Gasteiger partial charge in [0, 0.05) is 33.1 Å². The highest BCUT2D eigenvalue weighted by Gasteiger charge is 2.42. The minimum atomic E-state index is -1.48. The lowest BCUT2D eigenvalue weighted by molar-refractivity contribution is -0.153. The maximum absolute atomic E-state index is 13.1. The van der Waals surface area contributed by atoms with Gasteiger partial charge in [-0.25, -0.2) is 0 Å². The fourth-order valence-corrected chi connectivity index (χ4v) is 3.51. The van der Waals surface area contributed by atoms with Crippen LogP contribution in [0.4, 0.5) is 5.95 Å². The van der Waals surface area contributed by atoms with E-state index in [0.29, 0.717) is 24.9 Å². The maximum atomic E-state index is 13.1. The van der Waals surface area contributed by atoms with Gasteiger partial charge < -0.3 is 19.4 Å². The van der Waals surface area contributed by atoms with E-state index < -0.39 is 5.60 Å². The molecule has 1 saturated heterocycles. The van der Waals surface area contributed by atoms with Crippen LogP contribution in [0.25, 0.3) is 0 Å². The van der Waals surface area contributed by atoms with Crippen LogP contribution in [-0.4, -0.2) is 58.8 Å². The Bertz CT molecular complexity index is 773. The Morgan fingerprint density at radius 1 is 1.37 bits per heavy atom. The second kappa shape index (κ2) is 7.68. The SMILES string of the molecule is CC(c1ccccc1)C(C)(O)C(=O)N1CCCC(c2nc(N(C)C)no2)C1. The highest BCUT2D eigenvalue weighted by atomic mass is 16.5. The van der Waals surface area contributed by atoms with E-state index in [1.165, 1.54) is 0 Å². The molecule has 1 aromatic heterocycles. The molecule has 1 aliphatic heterocycles. The van der Waals surface area contributed by atoms with Crippen LogP contribution < -0.4 is 4.90 Å². The van der Waals surface area contributed by atoms with E-state index in [1.807, 2.05) is 51.4 Å². The lowest BCUT2D eigenvalue weighted by Gasteiger charge is -2.38. The van der Waals surface area contributed by atoms with Crippen LogP contribution in [-0.2, 0) is 4.79 Å². The summed E-state index contributed by atoms with van der Waals surface area (Å²) in [7, 11) is 3.71. The van der Waals surface area contributed by atoms with Gasteiger partial charge in [-0.3, -0.25) is 4.79 Å². The zero-order valence-electron chi connectivity index (χ0n) is 16.4. The Kier molecular flexibility index (Phi) is 5.51. The Morgan fingerprint density at radius 2 is 2.07 bits per heavy atom. The van der Waals surface area contributed by atoms with E-state index in [0.717, 1.165) is 18.4 Å². The summed E-state index contributed by atoms with van der Waals surface area (Å²) in [5, 5.41) is 15.0. The maximum Gasteiger partial charge on any atom is 0.265 e. The number of hydrogen-bond donors (Lipinski definition) is 1. The fourth-order valence-electron chi connectivity index (χ4n) is 3.51. The number of nitrogens with zero attached hydrogens (tertiary/aromatic N) is 4. The first kappa shape index (κ1) is 19.4. The number of carbonyl (C=O) groups is 1. The van der Waals surface area contributed by atoms with Crippen LogP contribution in [0, 0.1) is 0 Å². The topological polar surface area (TPSA) is 82.7 Å². The molecule has 2 heterocycles. The Hall–Kier alpha value is -2.41. The number of carbonyl (C=O) groups excluding carboxylic acids is 1. The lowest BCUT2D eigenvalue weighted by Crippen LogP contribution is -2.52. The molecule has 0 radical (unpaired) electrons. The summed E-state index contributed by atoms with van der Waals surface area (Å²) in [5.74, 6) is 0.503. The zero-order valence-corrected chi connectivity index (χ0v) is 16.4. The summed E-state index contributed by atoms with van der Waals surface area (Å²) in [4.78, 5) is 21.1. The number of likely N-dealkylation sites (tertiary alicyclic amines) is 1. The number of amides is 1. The molecule has 0 spiro atoms. The van der Waals surface area contributed by atoms with E-state index in [-0.39, 0.29) is 17.7 Å². The third-order valence-corrected chi connectivity index (χ3v) is 5.46. The van der Waals surface area contributed by atoms with Gasteiger partial charge >= 0.3 is 0 Å². The van der Waals surface area contributed by atoms with Crippen molar-refractivity contribution in [2.24, 2.45) is 0 Å². The first-order valence-electron chi connectivity index (χ1n) is 9.38. The van der Waals surface area contributed by atoms with E-state index in [9.17, 15) is 9.90 Å². The van der Waals surface area contributed by atoms with Crippen molar-refractivity contribution in [2.75, 3.05) is 32.1 Å². The van der Waals surface area contributed by atoms with Crippen LogP contribution in [0.5, 0.6) is 0 Å². The van der Waals surface area contributed by atoms with Gasteiger partial charge in [0.2, 0.25) is 5.89 Å². The summed E-state index contributed by atoms with van der Waals surface area (Å²) < 4.78 is 5.39. The highest BCUT2D eigenvalue weighted by Crippen LogP contribution is 2.33. The normalized spacial score (nSPS) is 20.8. The molecule has 7 heteroatoms. The largest absolute Gasteiger partial charge is 0.380 e. The molecule has 3 unspecified atom stereocenters. The predicted molar refractivity (Wildman–Crippen MR) is 103 cm³/mol. The van der Waals surface area contributed by atoms with Crippen molar-refractivity contribution < 1.29 is 14.4 Å². The van der Waals surface area contributed by atoms with Crippen LogP contribution in [0.3, 0.4) is 0 Å². The monoisotopic (exact) mass is 372 g/mol. The van der Waals surface area contributed by atoms with Crippen molar-refractivity contribution in [3.63, 3.8) is 0 Å². The molecule has 7 nitrogen and oxygen atoms in total. The summed E-state index contributed by atoms with van der Waals surface area (Å²) in [5.41, 5.74) is -0.538. The van der Waals surface area contributed by atoms with Crippen LogP contribution in [0.15, 0.2) is 34.9 Å². The molecule has 1 amide bonds. The third kappa shape index (κ3) is 3.98. The van der Waals surface area contributed by atoms with Gasteiger partial charge in [-0.2, -0.15) is 4.98 Å². The van der Waals surface area contributed by atoms with Gasteiger partial charge in [0.1, 0.15) is 5.60 Å². The quantitative estimate of drug-likeness (QED) is 0.868. The second-order valence-electron chi connectivity index (χ2n) is 7.70. The molecule has 1 aliphatic rings. The van der Waals surface area contributed by atoms with Gasteiger partial charge in [-0.15, -0.1) is 0 Å². The van der Waals surface area contributed by atoms with Crippen molar-refractivity contribution in [3.8, 4) is 0 Å². The number of anilines is 1. The van der Waals surface area contributed by atoms with Crippen LogP contribution in [0.1, 0.15) is 50.0 Å². The average molecular weight is 372 g/mol. The number of aliphatic hydroxyl groups is 1. The summed E-state index contributed by atoms with van der Waals surface area (Å²) in [6, 6.07) is 9.64. The molecule has 3 rings (SSSR count). The molecule has 1 aromatic carbocycles. The van der Waals surface area contributed by atoms with Gasteiger partial charge in [-0.1, -0.05) is 37.3 Å². The van der Waals surface area contributed by atoms with E-state index in [4.69, 9.17) is 4.52 Å². The molecular weight excluding hydrogens is 344 g/mol. The van der Waals surface area contributed by atoms with Crippen molar-refractivity contribution >= 4 is 11.9 Å². The lowest BCUT2D eigenvalue weighted by atomic mass is 9.83. The molecule has 146 valence electrons. The first-order valence-corrected chi connectivity index (χ1v) is 9.38. The molecule has 1 fully saturated rings.